The molecule has 0 spiro atoms. The highest BCUT2D eigenvalue weighted by molar-refractivity contribution is 5.84. The van der Waals surface area contributed by atoms with Gasteiger partial charge in [-0.25, -0.2) is 4.79 Å². The van der Waals surface area contributed by atoms with Gasteiger partial charge in [-0.2, -0.15) is 0 Å². The fourth-order valence-corrected chi connectivity index (χ4v) is 0.787. The van der Waals surface area contributed by atoms with Crippen LogP contribution in [0.4, 0.5) is 0 Å². The average molecular weight is 190 g/mol. The summed E-state index contributed by atoms with van der Waals surface area (Å²) in [6, 6.07) is -0.862. The third-order valence-electron chi connectivity index (χ3n) is 1.42. The Morgan fingerprint density at radius 2 is 2.23 bits per heavy atom. The number of nitrogens with two attached hydrogens (primary N) is 2. The van der Waals surface area contributed by atoms with Crippen LogP contribution in [0, 0.1) is 0 Å². The van der Waals surface area contributed by atoms with Gasteiger partial charge in [0, 0.05) is 0 Å². The number of nitrogens with zero attached hydrogens (tertiary/aromatic N) is 1. The summed E-state index contributed by atoms with van der Waals surface area (Å²) in [6.45, 7) is 0.404. The van der Waals surface area contributed by atoms with Gasteiger partial charge in [-0.3, -0.25) is 0 Å². The first-order valence-corrected chi connectivity index (χ1v) is 3.78. The Morgan fingerprint density at radius 1 is 1.62 bits per heavy atom. The summed E-state index contributed by atoms with van der Waals surface area (Å²) in [7, 11) is 0. The maximum atomic E-state index is 10.6. The second kappa shape index (κ2) is 6.06. The van der Waals surface area contributed by atoms with Crippen LogP contribution in [0.25, 0.3) is 0 Å². The minimum absolute atomic E-state index is 0.315. The lowest BCUT2D eigenvalue weighted by Gasteiger charge is -2.12. The number of carboxylic acid groups (broad SMARTS) is 1. The second-order valence-electron chi connectivity index (χ2n) is 2.45. The summed E-state index contributed by atoms with van der Waals surface area (Å²) >= 11 is 0. The third-order valence-corrected chi connectivity index (χ3v) is 1.42. The van der Waals surface area contributed by atoms with E-state index < -0.39 is 12.0 Å². The largest absolute Gasteiger partial charge is 0.480 e. The first kappa shape index (κ1) is 11.5. The Morgan fingerprint density at radius 3 is 2.62 bits per heavy atom. The molecule has 0 saturated carbocycles. The van der Waals surface area contributed by atoms with Crippen molar-refractivity contribution in [2.45, 2.75) is 18.9 Å². The van der Waals surface area contributed by atoms with Crippen molar-refractivity contribution in [3.05, 3.63) is 0 Å². The molecule has 1 atom stereocenters. The number of nitrogens with one attached hydrogen (secondary N) is 1. The van der Waals surface area contributed by atoms with E-state index in [0.29, 0.717) is 19.4 Å². The molecule has 0 aromatic heterocycles. The highest BCUT2D eigenvalue weighted by atomic mass is 16.4. The fraction of sp³-hybridized carbons (Fsp3) is 0.667. The summed E-state index contributed by atoms with van der Waals surface area (Å²) in [5.74, 6) is -1.37. The molecule has 13 heavy (non-hydrogen) atoms. The van der Waals surface area contributed by atoms with Crippen LogP contribution in [-0.2, 0) is 4.79 Å². The molecule has 76 valence electrons. The lowest BCUT2D eigenvalue weighted by atomic mass is 10.1. The molecule has 0 aliphatic carbocycles. The van der Waals surface area contributed by atoms with Gasteiger partial charge in [0.05, 0.1) is 0 Å². The van der Waals surface area contributed by atoms with E-state index in [4.69, 9.17) is 21.8 Å². The molecule has 0 radical (unpaired) electrons. The van der Waals surface area contributed by atoms with Crippen LogP contribution in [0.15, 0.2) is 5.16 Å². The Labute approximate surface area is 75.4 Å². The van der Waals surface area contributed by atoms with E-state index in [2.05, 4.69) is 10.5 Å². The Kier molecular flexibility index (Phi) is 5.37. The highest BCUT2D eigenvalue weighted by Gasteiger charge is 2.16. The molecule has 0 aromatic rings. The van der Waals surface area contributed by atoms with Crippen molar-refractivity contribution in [1.82, 2.24) is 5.32 Å². The second-order valence-corrected chi connectivity index (χ2v) is 2.45. The molecule has 0 saturated heterocycles. The SMILES string of the molecule is NCCCC(N/C(N)=N\O)C(=O)O. The van der Waals surface area contributed by atoms with Crippen molar-refractivity contribution < 1.29 is 15.1 Å². The van der Waals surface area contributed by atoms with Crippen LogP contribution in [-0.4, -0.2) is 34.8 Å². The molecule has 0 aromatic carbocycles. The molecular weight excluding hydrogens is 176 g/mol. The predicted octanol–water partition coefficient (Wildman–Crippen LogP) is -1.53. The molecule has 7 heteroatoms. The monoisotopic (exact) mass is 190 g/mol. The Hall–Kier alpha value is -1.50. The summed E-state index contributed by atoms with van der Waals surface area (Å²) in [5, 5.41) is 21.8. The molecule has 0 rings (SSSR count). The van der Waals surface area contributed by atoms with E-state index in [1.165, 1.54) is 0 Å². The van der Waals surface area contributed by atoms with Crippen molar-refractivity contribution in [1.29, 1.82) is 0 Å². The van der Waals surface area contributed by atoms with E-state index in [0.717, 1.165) is 0 Å². The van der Waals surface area contributed by atoms with Crippen molar-refractivity contribution in [3.8, 4) is 0 Å². The average Bonchev–Trinajstić information content (AvgIpc) is 2.11. The molecule has 0 aliphatic rings. The summed E-state index contributed by atoms with van der Waals surface area (Å²) in [5.41, 5.74) is 10.3. The Bertz CT molecular complexity index is 194. The van der Waals surface area contributed by atoms with E-state index in [9.17, 15) is 4.79 Å². The standard InChI is InChI=1S/C6H14N4O3/c7-3-1-2-4(5(11)12)9-6(8)10-13/h4,13H,1-3,7H2,(H,11,12)(H3,8,9,10). The van der Waals surface area contributed by atoms with Crippen LogP contribution in [0.1, 0.15) is 12.8 Å². The molecule has 0 fully saturated rings. The third kappa shape index (κ3) is 4.86. The molecule has 0 heterocycles. The van der Waals surface area contributed by atoms with Gasteiger partial charge in [0.15, 0.2) is 0 Å². The maximum absolute atomic E-state index is 10.6. The van der Waals surface area contributed by atoms with E-state index in [1.54, 1.807) is 0 Å². The summed E-state index contributed by atoms with van der Waals surface area (Å²) in [6.07, 6.45) is 0.894. The van der Waals surface area contributed by atoms with Crippen molar-refractivity contribution in [3.63, 3.8) is 0 Å². The lowest BCUT2D eigenvalue weighted by molar-refractivity contribution is -0.139. The topological polar surface area (TPSA) is 134 Å². The zero-order chi connectivity index (χ0) is 10.3. The van der Waals surface area contributed by atoms with Crippen LogP contribution < -0.4 is 16.8 Å². The van der Waals surface area contributed by atoms with Gasteiger partial charge in [0.25, 0.3) is 0 Å². The molecule has 7 nitrogen and oxygen atoms in total. The van der Waals surface area contributed by atoms with Gasteiger partial charge < -0.3 is 27.1 Å². The van der Waals surface area contributed by atoms with Crippen molar-refractivity contribution in [2.24, 2.45) is 16.6 Å². The number of hydrogen-bond acceptors (Lipinski definition) is 4. The van der Waals surface area contributed by atoms with Gasteiger partial charge in [-0.05, 0) is 19.4 Å². The first-order valence-electron chi connectivity index (χ1n) is 3.78. The van der Waals surface area contributed by atoms with Gasteiger partial charge in [-0.15, -0.1) is 0 Å². The zero-order valence-corrected chi connectivity index (χ0v) is 7.10. The van der Waals surface area contributed by atoms with E-state index >= 15 is 0 Å². The molecule has 1 unspecified atom stereocenters. The molecule has 7 N–H and O–H groups in total. The minimum atomic E-state index is -1.06. The van der Waals surface area contributed by atoms with Gasteiger partial charge in [-0.1, -0.05) is 5.16 Å². The van der Waals surface area contributed by atoms with Crippen LogP contribution >= 0.6 is 0 Å². The number of carboxylic acids is 1. The number of aliphatic carboxylic acids is 1. The zero-order valence-electron chi connectivity index (χ0n) is 7.10. The number of oxime groups is 1. The van der Waals surface area contributed by atoms with Crippen LogP contribution in [0.2, 0.25) is 0 Å². The normalized spacial score (nSPS) is 13.8. The quantitative estimate of drug-likeness (QED) is 0.154. The summed E-state index contributed by atoms with van der Waals surface area (Å²) in [4.78, 5) is 10.6. The molecular formula is C6H14N4O3. The Balaban J connectivity index is 4.02. The number of rotatable bonds is 5. The highest BCUT2D eigenvalue weighted by Crippen LogP contribution is 1.95. The van der Waals surface area contributed by atoms with Crippen LogP contribution in [0.3, 0.4) is 0 Å². The van der Waals surface area contributed by atoms with E-state index in [-0.39, 0.29) is 5.96 Å². The van der Waals surface area contributed by atoms with Crippen molar-refractivity contribution >= 4 is 11.9 Å². The van der Waals surface area contributed by atoms with Gasteiger partial charge >= 0.3 is 5.97 Å². The van der Waals surface area contributed by atoms with Gasteiger partial charge in [0.2, 0.25) is 5.96 Å². The lowest BCUT2D eigenvalue weighted by Crippen LogP contribution is -2.44. The smallest absolute Gasteiger partial charge is 0.326 e. The van der Waals surface area contributed by atoms with Gasteiger partial charge in [0.1, 0.15) is 6.04 Å². The maximum Gasteiger partial charge on any atom is 0.326 e. The number of guanidine groups is 1. The predicted molar refractivity (Wildman–Crippen MR) is 46.3 cm³/mol. The first-order chi connectivity index (χ1) is 6.11. The summed E-state index contributed by atoms with van der Waals surface area (Å²) < 4.78 is 0. The van der Waals surface area contributed by atoms with E-state index in [1.807, 2.05) is 0 Å². The molecule has 0 amide bonds. The van der Waals surface area contributed by atoms with Crippen molar-refractivity contribution in [2.75, 3.05) is 6.54 Å². The number of carbonyl (C=O) groups is 1. The minimum Gasteiger partial charge on any atom is -0.480 e. The van der Waals surface area contributed by atoms with Crippen LogP contribution in [0.5, 0.6) is 0 Å². The fourth-order valence-electron chi connectivity index (χ4n) is 0.787. The molecule has 0 bridgehead atoms. The molecule has 0 aliphatic heterocycles. The number of hydrogen-bond donors (Lipinski definition) is 5.